The Kier molecular flexibility index (Phi) is 7.23. The Morgan fingerprint density at radius 3 is 2.70 bits per heavy atom. The number of piperazine rings is 1. The maximum Gasteiger partial charge on any atom is 0.156 e. The number of hydrogen-bond donors (Lipinski definition) is 0. The van der Waals surface area contributed by atoms with Gasteiger partial charge in [-0.15, -0.1) is 23.7 Å². The SMILES string of the molecule is COCC[C@H]1CN(C2=Nc3ccccc3Cc3sc(C(C)(C)C)nc32)CCN1C.Cl. The Hall–Kier alpha value is -1.47. The van der Waals surface area contributed by atoms with Crippen LogP contribution in [0.3, 0.4) is 0 Å². The van der Waals surface area contributed by atoms with Gasteiger partial charge >= 0.3 is 0 Å². The van der Waals surface area contributed by atoms with Crippen LogP contribution in [0, 0.1) is 0 Å². The Balaban J connectivity index is 0.00000256. The first-order valence-corrected chi connectivity index (χ1v) is 11.3. The van der Waals surface area contributed by atoms with E-state index in [1.807, 2.05) is 11.3 Å². The van der Waals surface area contributed by atoms with Crippen molar-refractivity contribution in [3.05, 3.63) is 45.4 Å². The molecule has 30 heavy (non-hydrogen) atoms. The van der Waals surface area contributed by atoms with Crippen molar-refractivity contribution in [2.75, 3.05) is 40.4 Å². The molecule has 1 aromatic heterocycles. The number of para-hydroxylation sites is 1. The average Bonchev–Trinajstić information content (AvgIpc) is 3.04. The number of hydrogen-bond acceptors (Lipinski definition) is 6. The molecule has 2 aliphatic rings. The molecule has 0 unspecified atom stereocenters. The molecule has 1 atom stereocenters. The van der Waals surface area contributed by atoms with Crippen LogP contribution in [0.4, 0.5) is 5.69 Å². The molecule has 0 bridgehead atoms. The zero-order valence-corrected chi connectivity index (χ0v) is 20.3. The fourth-order valence-corrected chi connectivity index (χ4v) is 5.14. The molecule has 0 N–H and O–H groups in total. The molecule has 4 rings (SSSR count). The summed E-state index contributed by atoms with van der Waals surface area (Å²) in [5.74, 6) is 1.05. The third-order valence-electron chi connectivity index (χ3n) is 5.85. The predicted molar refractivity (Wildman–Crippen MR) is 128 cm³/mol. The van der Waals surface area contributed by atoms with Gasteiger partial charge in [-0.05, 0) is 25.1 Å². The molecule has 1 aromatic carbocycles. The minimum absolute atomic E-state index is 0. The number of aliphatic imine (C=N–C) groups is 1. The molecule has 1 fully saturated rings. The van der Waals surface area contributed by atoms with Crippen molar-refractivity contribution < 1.29 is 4.74 Å². The van der Waals surface area contributed by atoms with Gasteiger partial charge in [0.2, 0.25) is 0 Å². The summed E-state index contributed by atoms with van der Waals surface area (Å²) in [6.07, 6.45) is 1.94. The summed E-state index contributed by atoms with van der Waals surface area (Å²) in [5.41, 5.74) is 3.51. The lowest BCUT2D eigenvalue weighted by Crippen LogP contribution is -2.53. The number of fused-ring (bicyclic) bond motifs is 2. The zero-order chi connectivity index (χ0) is 20.6. The minimum Gasteiger partial charge on any atom is -0.385 e. The maximum atomic E-state index is 5.35. The van der Waals surface area contributed by atoms with Crippen molar-refractivity contribution in [3.63, 3.8) is 0 Å². The quantitative estimate of drug-likeness (QED) is 0.693. The summed E-state index contributed by atoms with van der Waals surface area (Å²) in [6.45, 7) is 10.5. The van der Waals surface area contributed by atoms with Gasteiger partial charge in [0.25, 0.3) is 0 Å². The Bertz CT molecular complexity index is 905. The molecular formula is C23H33ClN4OS. The number of methoxy groups -OCH3 is 1. The first-order chi connectivity index (χ1) is 13.9. The minimum atomic E-state index is 0. The smallest absolute Gasteiger partial charge is 0.156 e. The maximum absolute atomic E-state index is 5.35. The number of halogens is 1. The van der Waals surface area contributed by atoms with Crippen LogP contribution in [-0.2, 0) is 16.6 Å². The molecule has 1 saturated heterocycles. The number of nitrogens with zero attached hydrogens (tertiary/aromatic N) is 4. The highest BCUT2D eigenvalue weighted by Gasteiger charge is 2.32. The Morgan fingerprint density at radius 1 is 1.20 bits per heavy atom. The molecule has 5 nitrogen and oxygen atoms in total. The van der Waals surface area contributed by atoms with E-state index in [4.69, 9.17) is 14.7 Å². The number of benzene rings is 1. The molecule has 0 radical (unpaired) electrons. The zero-order valence-electron chi connectivity index (χ0n) is 18.6. The fraction of sp³-hybridized carbons (Fsp3) is 0.565. The number of aromatic nitrogens is 1. The van der Waals surface area contributed by atoms with Crippen LogP contribution < -0.4 is 0 Å². The van der Waals surface area contributed by atoms with E-state index in [2.05, 4.69) is 61.9 Å². The van der Waals surface area contributed by atoms with Gasteiger partial charge in [0.05, 0.1) is 10.7 Å². The van der Waals surface area contributed by atoms with Crippen molar-refractivity contribution in [2.24, 2.45) is 4.99 Å². The van der Waals surface area contributed by atoms with Gasteiger partial charge in [0, 0.05) is 56.1 Å². The third kappa shape index (κ3) is 4.72. The number of amidine groups is 1. The van der Waals surface area contributed by atoms with Gasteiger partial charge in [-0.2, -0.15) is 0 Å². The molecule has 164 valence electrons. The highest BCUT2D eigenvalue weighted by molar-refractivity contribution is 7.12. The third-order valence-corrected chi connectivity index (χ3v) is 7.33. The van der Waals surface area contributed by atoms with Gasteiger partial charge in [0.15, 0.2) is 5.84 Å². The summed E-state index contributed by atoms with van der Waals surface area (Å²) in [5, 5.41) is 1.19. The Labute approximate surface area is 190 Å². The van der Waals surface area contributed by atoms with Crippen LogP contribution in [0.25, 0.3) is 0 Å². The second-order valence-electron chi connectivity index (χ2n) is 9.14. The molecule has 7 heteroatoms. The van der Waals surface area contributed by atoms with Gasteiger partial charge in [0.1, 0.15) is 5.69 Å². The molecule has 3 heterocycles. The summed E-state index contributed by atoms with van der Waals surface area (Å²) in [7, 11) is 4.00. The van der Waals surface area contributed by atoms with Gasteiger partial charge in [-0.3, -0.25) is 4.90 Å². The van der Waals surface area contributed by atoms with Crippen LogP contribution >= 0.6 is 23.7 Å². The van der Waals surface area contributed by atoms with Gasteiger partial charge in [-0.1, -0.05) is 39.0 Å². The molecule has 0 saturated carbocycles. The lowest BCUT2D eigenvalue weighted by Gasteiger charge is -2.40. The van der Waals surface area contributed by atoms with Crippen molar-refractivity contribution >= 4 is 35.3 Å². The first kappa shape index (κ1) is 23.2. The highest BCUT2D eigenvalue weighted by atomic mass is 35.5. The van der Waals surface area contributed by atoms with Gasteiger partial charge < -0.3 is 9.64 Å². The molecule has 0 spiro atoms. The van der Waals surface area contributed by atoms with E-state index in [-0.39, 0.29) is 17.8 Å². The van der Waals surface area contributed by atoms with Crippen LogP contribution in [0.2, 0.25) is 0 Å². The van der Waals surface area contributed by atoms with E-state index in [1.54, 1.807) is 7.11 Å². The van der Waals surface area contributed by atoms with Crippen LogP contribution in [0.15, 0.2) is 29.3 Å². The molecule has 0 amide bonds. The second-order valence-corrected chi connectivity index (χ2v) is 10.2. The van der Waals surface area contributed by atoms with Crippen molar-refractivity contribution in [2.45, 2.75) is 45.1 Å². The van der Waals surface area contributed by atoms with Crippen LogP contribution in [0.1, 0.15) is 48.3 Å². The van der Waals surface area contributed by atoms with Crippen LogP contribution in [-0.4, -0.2) is 67.1 Å². The first-order valence-electron chi connectivity index (χ1n) is 10.5. The number of ether oxygens (including phenoxy) is 1. The number of thiazole rings is 1. The predicted octanol–water partition coefficient (Wildman–Crippen LogP) is 4.50. The summed E-state index contributed by atoms with van der Waals surface area (Å²) >= 11 is 1.85. The molecule has 0 aliphatic carbocycles. The van der Waals surface area contributed by atoms with Crippen molar-refractivity contribution in [1.82, 2.24) is 14.8 Å². The van der Waals surface area contributed by atoms with E-state index >= 15 is 0 Å². The van der Waals surface area contributed by atoms with Crippen LogP contribution in [0.5, 0.6) is 0 Å². The summed E-state index contributed by atoms with van der Waals surface area (Å²) < 4.78 is 5.35. The molecule has 2 aromatic rings. The van der Waals surface area contributed by atoms with Crippen molar-refractivity contribution in [1.29, 1.82) is 0 Å². The molecule has 2 aliphatic heterocycles. The largest absolute Gasteiger partial charge is 0.385 e. The van der Waals surface area contributed by atoms with Crippen molar-refractivity contribution in [3.8, 4) is 0 Å². The Morgan fingerprint density at radius 2 is 1.97 bits per heavy atom. The van der Waals surface area contributed by atoms with Gasteiger partial charge in [-0.25, -0.2) is 9.98 Å². The normalized spacial score (nSPS) is 19.4. The van der Waals surface area contributed by atoms with E-state index in [0.717, 1.165) is 56.3 Å². The van der Waals surface area contributed by atoms with E-state index in [0.29, 0.717) is 6.04 Å². The molecular weight excluding hydrogens is 416 g/mol. The highest BCUT2D eigenvalue weighted by Crippen LogP contribution is 2.36. The number of likely N-dealkylation sites (N-methyl/N-ethyl adjacent to an activating group) is 1. The monoisotopic (exact) mass is 448 g/mol. The lowest BCUT2D eigenvalue weighted by molar-refractivity contribution is 0.100. The van der Waals surface area contributed by atoms with E-state index < -0.39 is 0 Å². The summed E-state index contributed by atoms with van der Waals surface area (Å²) in [4.78, 5) is 16.6. The fourth-order valence-electron chi connectivity index (χ4n) is 4.00. The summed E-state index contributed by atoms with van der Waals surface area (Å²) in [6, 6.07) is 9.00. The lowest BCUT2D eigenvalue weighted by atomic mass is 9.98. The topological polar surface area (TPSA) is 41.0 Å². The van der Waals surface area contributed by atoms with E-state index in [9.17, 15) is 0 Å². The average molecular weight is 449 g/mol. The van der Waals surface area contributed by atoms with E-state index in [1.165, 1.54) is 15.4 Å². The standard InChI is InChI=1S/C23H32N4OS.ClH/c1-23(2,3)22-25-20-19(29-22)14-16-8-6-7-9-18(16)24-21(20)27-12-11-26(4)17(15-27)10-13-28-5;/h6-9,17H,10-15H2,1-5H3;1H/t17-;/m0./s1. The second kappa shape index (κ2) is 9.35. The number of rotatable bonds is 3.